The van der Waals surface area contributed by atoms with Gasteiger partial charge in [-0.3, -0.25) is 25.7 Å². The quantitative estimate of drug-likeness (QED) is 0.143. The van der Waals surface area contributed by atoms with Crippen molar-refractivity contribution in [2.24, 2.45) is 10.8 Å². The largest absolute Gasteiger partial charge is 0.375 e. The monoisotopic (exact) mass is 559 g/mol. The summed E-state index contributed by atoms with van der Waals surface area (Å²) in [5, 5.41) is 21.3. The molecule has 10 nitrogen and oxygen atoms in total. The number of rotatable bonds is 7. The molecule has 3 rings (SSSR count). The van der Waals surface area contributed by atoms with E-state index in [1.165, 1.54) is 23.5 Å². The van der Waals surface area contributed by atoms with Crippen LogP contribution in [0.25, 0.3) is 6.08 Å². The van der Waals surface area contributed by atoms with Crippen LogP contribution in [0, 0.1) is 17.0 Å². The zero-order chi connectivity index (χ0) is 26.2. The standard InChI is InChI=1S/C22H18ClN7O3S3/c1-12-18(17(28-29-20(24)34)11-8-13-6-9-14(10-7-13)30(32)33)36-22(25-12)27-21(35)26-19(31)15-4-2-3-5-16(15)23/h2-11H,1H3,(H3,24,29,34)(H2,25,26,27,31,35)/b11-8+,28-17+. The lowest BCUT2D eigenvalue weighted by atomic mass is 10.1. The van der Waals surface area contributed by atoms with Gasteiger partial charge in [-0.25, -0.2) is 4.98 Å². The molecule has 0 aliphatic rings. The first kappa shape index (κ1) is 26.8. The number of halogens is 1. The Labute approximate surface area is 225 Å². The van der Waals surface area contributed by atoms with Gasteiger partial charge in [0.15, 0.2) is 15.4 Å². The SMILES string of the molecule is Cc1nc(NC(=S)NC(=O)c2ccccc2Cl)sc1C(/C=C/c1ccc([N+](=O)[O-])cc1)=N/NC(N)=S. The van der Waals surface area contributed by atoms with Crippen molar-refractivity contribution in [1.29, 1.82) is 0 Å². The molecule has 0 aliphatic heterocycles. The summed E-state index contributed by atoms with van der Waals surface area (Å²) in [6, 6.07) is 12.6. The van der Waals surface area contributed by atoms with Gasteiger partial charge in [-0.2, -0.15) is 5.10 Å². The molecule has 1 amide bonds. The Bertz CT molecular complexity index is 1390. The fourth-order valence-electron chi connectivity index (χ4n) is 2.79. The van der Waals surface area contributed by atoms with Gasteiger partial charge in [-0.05, 0) is 67.3 Å². The number of carbonyl (C=O) groups is 1. The fraction of sp³-hybridized carbons (Fsp3) is 0.0455. The van der Waals surface area contributed by atoms with Gasteiger partial charge in [-0.1, -0.05) is 41.1 Å². The Balaban J connectivity index is 1.78. The number of nitrogens with one attached hydrogen (secondary N) is 3. The van der Waals surface area contributed by atoms with E-state index in [4.69, 9.17) is 41.8 Å². The second-order valence-electron chi connectivity index (χ2n) is 6.98. The van der Waals surface area contributed by atoms with Crippen LogP contribution in [-0.2, 0) is 0 Å². The number of aryl methyl sites for hydroxylation is 1. The van der Waals surface area contributed by atoms with E-state index in [0.717, 1.165) is 0 Å². The molecule has 3 aromatic rings. The van der Waals surface area contributed by atoms with E-state index in [0.29, 0.717) is 32.0 Å². The van der Waals surface area contributed by atoms with Crippen LogP contribution in [0.1, 0.15) is 26.5 Å². The normalized spacial score (nSPS) is 11.2. The molecule has 2 aromatic carbocycles. The van der Waals surface area contributed by atoms with Crippen molar-refractivity contribution in [1.82, 2.24) is 15.7 Å². The molecule has 184 valence electrons. The summed E-state index contributed by atoms with van der Waals surface area (Å²) >= 11 is 17.4. The number of thiazole rings is 1. The van der Waals surface area contributed by atoms with Gasteiger partial charge in [-0.15, -0.1) is 0 Å². The number of hydrazone groups is 1. The Morgan fingerprint density at radius 2 is 1.92 bits per heavy atom. The number of nitrogens with zero attached hydrogens (tertiary/aromatic N) is 3. The van der Waals surface area contributed by atoms with Crippen molar-refractivity contribution in [3.63, 3.8) is 0 Å². The highest BCUT2D eigenvalue weighted by Crippen LogP contribution is 2.24. The fourth-order valence-corrected chi connectivity index (χ4v) is 4.25. The van der Waals surface area contributed by atoms with E-state index < -0.39 is 10.8 Å². The second kappa shape index (κ2) is 12.3. The van der Waals surface area contributed by atoms with Crippen LogP contribution in [0.3, 0.4) is 0 Å². The average molecular weight is 560 g/mol. The molecule has 5 N–H and O–H groups in total. The van der Waals surface area contributed by atoms with Crippen LogP contribution in [0.2, 0.25) is 5.02 Å². The molecule has 1 heterocycles. The number of nitrogens with two attached hydrogens (primary N) is 1. The summed E-state index contributed by atoms with van der Waals surface area (Å²) in [5.41, 5.74) is 10.1. The van der Waals surface area contributed by atoms with Crippen LogP contribution in [-0.4, -0.2) is 31.8 Å². The van der Waals surface area contributed by atoms with Gasteiger partial charge in [0.1, 0.15) is 5.71 Å². The maximum absolute atomic E-state index is 12.4. The molecule has 14 heteroatoms. The third-order valence-corrected chi connectivity index (χ3v) is 6.14. The first-order valence-electron chi connectivity index (χ1n) is 10.0. The molecule has 0 saturated heterocycles. The van der Waals surface area contributed by atoms with E-state index in [-0.39, 0.29) is 21.5 Å². The molecule has 0 saturated carbocycles. The van der Waals surface area contributed by atoms with Gasteiger partial charge in [0.25, 0.3) is 11.6 Å². The summed E-state index contributed by atoms with van der Waals surface area (Å²) < 4.78 is 0. The number of aromatic nitrogens is 1. The molecular formula is C22H18ClN7O3S3. The Morgan fingerprint density at radius 1 is 1.22 bits per heavy atom. The van der Waals surface area contributed by atoms with Crippen molar-refractivity contribution >= 4 is 86.1 Å². The maximum atomic E-state index is 12.4. The topological polar surface area (TPSA) is 148 Å². The number of hydrogen-bond donors (Lipinski definition) is 4. The van der Waals surface area contributed by atoms with E-state index in [2.05, 4.69) is 26.1 Å². The third-order valence-electron chi connectivity index (χ3n) is 4.42. The highest BCUT2D eigenvalue weighted by Gasteiger charge is 2.16. The lowest BCUT2D eigenvalue weighted by Gasteiger charge is -2.08. The first-order valence-corrected chi connectivity index (χ1v) is 12.1. The molecule has 0 atom stereocenters. The van der Waals surface area contributed by atoms with E-state index in [1.807, 2.05) is 0 Å². The molecule has 0 radical (unpaired) electrons. The predicted octanol–water partition coefficient (Wildman–Crippen LogP) is 4.39. The van der Waals surface area contributed by atoms with E-state index in [9.17, 15) is 14.9 Å². The van der Waals surface area contributed by atoms with Crippen molar-refractivity contribution in [3.8, 4) is 0 Å². The number of amides is 1. The molecule has 0 bridgehead atoms. The summed E-state index contributed by atoms with van der Waals surface area (Å²) in [6.07, 6.45) is 3.42. The number of thiocarbonyl (C=S) groups is 2. The van der Waals surface area contributed by atoms with Crippen molar-refractivity contribution in [2.75, 3.05) is 5.32 Å². The average Bonchev–Trinajstić information content (AvgIpc) is 3.18. The molecule has 0 spiro atoms. The third kappa shape index (κ3) is 7.36. The van der Waals surface area contributed by atoms with E-state index >= 15 is 0 Å². The lowest BCUT2D eigenvalue weighted by molar-refractivity contribution is -0.384. The maximum Gasteiger partial charge on any atom is 0.269 e. The summed E-state index contributed by atoms with van der Waals surface area (Å²) in [5.74, 6) is -0.458. The Kier molecular flexibility index (Phi) is 9.13. The molecule has 0 unspecified atom stereocenters. The molecule has 1 aromatic heterocycles. The summed E-state index contributed by atoms with van der Waals surface area (Å²) in [7, 11) is 0. The lowest BCUT2D eigenvalue weighted by Crippen LogP contribution is -2.34. The van der Waals surface area contributed by atoms with Gasteiger partial charge in [0.05, 0.1) is 26.1 Å². The Morgan fingerprint density at radius 3 is 2.56 bits per heavy atom. The molecule has 0 fully saturated rings. The van der Waals surface area contributed by atoms with Crippen molar-refractivity contribution in [3.05, 3.63) is 91.4 Å². The second-order valence-corrected chi connectivity index (χ2v) is 9.23. The van der Waals surface area contributed by atoms with Crippen LogP contribution in [0.4, 0.5) is 10.8 Å². The van der Waals surface area contributed by atoms with Crippen LogP contribution < -0.4 is 21.8 Å². The van der Waals surface area contributed by atoms with E-state index in [1.54, 1.807) is 55.5 Å². The molecule has 36 heavy (non-hydrogen) atoms. The predicted molar refractivity (Wildman–Crippen MR) is 151 cm³/mol. The van der Waals surface area contributed by atoms with Crippen molar-refractivity contribution < 1.29 is 9.72 Å². The summed E-state index contributed by atoms with van der Waals surface area (Å²) in [6.45, 7) is 1.78. The number of benzene rings is 2. The number of allylic oxidation sites excluding steroid dienone is 1. The molecular weight excluding hydrogens is 542 g/mol. The highest BCUT2D eigenvalue weighted by atomic mass is 35.5. The smallest absolute Gasteiger partial charge is 0.269 e. The van der Waals surface area contributed by atoms with Gasteiger partial charge >= 0.3 is 0 Å². The zero-order valence-electron chi connectivity index (χ0n) is 18.5. The minimum absolute atomic E-state index is 0.0113. The van der Waals surface area contributed by atoms with Crippen LogP contribution in [0.15, 0.2) is 59.7 Å². The first-order chi connectivity index (χ1) is 17.1. The number of anilines is 1. The minimum Gasteiger partial charge on any atom is -0.375 e. The van der Waals surface area contributed by atoms with Crippen LogP contribution in [0.5, 0.6) is 0 Å². The number of carbonyl (C=O) groups excluding carboxylic acids is 1. The van der Waals surface area contributed by atoms with Gasteiger partial charge in [0, 0.05) is 12.1 Å². The number of nitro groups is 1. The Hall–Kier alpha value is -3.78. The number of hydrogen-bond acceptors (Lipinski definition) is 8. The van der Waals surface area contributed by atoms with Gasteiger partial charge in [0.2, 0.25) is 0 Å². The van der Waals surface area contributed by atoms with Gasteiger partial charge < -0.3 is 11.1 Å². The highest BCUT2D eigenvalue weighted by molar-refractivity contribution is 7.80. The minimum atomic E-state index is -0.469. The number of nitro benzene ring substituents is 1. The molecule has 0 aliphatic carbocycles. The van der Waals surface area contributed by atoms with Crippen LogP contribution >= 0.6 is 47.4 Å². The van der Waals surface area contributed by atoms with Crippen molar-refractivity contribution in [2.45, 2.75) is 6.92 Å². The summed E-state index contributed by atoms with van der Waals surface area (Å²) in [4.78, 5) is 27.9. The zero-order valence-corrected chi connectivity index (χ0v) is 21.7. The number of non-ortho nitro benzene ring substituents is 1.